The first-order valence-electron chi connectivity index (χ1n) is 13.0. The molecule has 0 aliphatic carbocycles. The first-order valence-corrected chi connectivity index (χ1v) is 20.4. The van der Waals surface area contributed by atoms with Gasteiger partial charge >= 0.3 is 0 Å². The molecule has 0 saturated carbocycles. The van der Waals surface area contributed by atoms with Gasteiger partial charge in [0.25, 0.3) is 5.69 Å². The molecule has 0 spiro atoms. The van der Waals surface area contributed by atoms with Crippen LogP contribution in [0.3, 0.4) is 0 Å². The molecule has 0 amide bonds. The Hall–Kier alpha value is -1.17. The predicted octanol–water partition coefficient (Wildman–Crippen LogP) is 7.14. The van der Waals surface area contributed by atoms with Gasteiger partial charge in [-0.2, -0.15) is 0 Å². The van der Waals surface area contributed by atoms with Crippen LogP contribution in [0.1, 0.15) is 20.8 Å². The van der Waals surface area contributed by atoms with Crippen molar-refractivity contribution in [1.82, 2.24) is 9.55 Å². The van der Waals surface area contributed by atoms with Crippen LogP contribution in [0, 0.1) is 6.57 Å². The van der Waals surface area contributed by atoms with Gasteiger partial charge in [0.05, 0.1) is 36.4 Å². The van der Waals surface area contributed by atoms with Crippen molar-refractivity contribution in [3.05, 3.63) is 27.7 Å². The highest BCUT2D eigenvalue weighted by molar-refractivity contribution is 6.76. The first kappa shape index (κ1) is 29.8. The van der Waals surface area contributed by atoms with E-state index < -0.39 is 22.5 Å². The maximum Gasteiger partial charge on any atom is 0.272 e. The fourth-order valence-corrected chi connectivity index (χ4v) is 6.74. The number of hydrogen-bond donors (Lipinski definition) is 0. The van der Waals surface area contributed by atoms with Crippen molar-refractivity contribution in [3.63, 3.8) is 0 Å². The van der Waals surface area contributed by atoms with Gasteiger partial charge in [0.1, 0.15) is 29.6 Å². The van der Waals surface area contributed by atoms with Crippen LogP contribution in [0.4, 0.5) is 5.69 Å². The Labute approximate surface area is 237 Å². The van der Waals surface area contributed by atoms with Crippen molar-refractivity contribution < 1.29 is 23.4 Å². The van der Waals surface area contributed by atoms with Gasteiger partial charge in [-0.3, -0.25) is 4.57 Å². The number of aromatic nitrogens is 2. The molecular weight excluding hydrogens is 561 g/mol. The van der Waals surface area contributed by atoms with E-state index >= 15 is 0 Å². The summed E-state index contributed by atoms with van der Waals surface area (Å²) < 4.78 is 33.4. The Morgan fingerprint density at radius 2 is 1.74 bits per heavy atom. The molecular formula is C26H39Cl2N3O5Si2. The second-order valence-electron chi connectivity index (χ2n) is 12.8. The zero-order valence-corrected chi connectivity index (χ0v) is 27.1. The molecule has 4 rings (SSSR count). The maximum atomic E-state index is 7.91. The summed E-state index contributed by atoms with van der Waals surface area (Å²) >= 11 is 12.5. The summed E-state index contributed by atoms with van der Waals surface area (Å²) in [5.74, 6) is 0.362. The van der Waals surface area contributed by atoms with Gasteiger partial charge in [-0.05, 0) is 30.2 Å². The molecule has 4 heterocycles. The van der Waals surface area contributed by atoms with Crippen LogP contribution in [0.5, 0.6) is 5.88 Å². The summed E-state index contributed by atoms with van der Waals surface area (Å²) in [5.41, 5.74) is 1.33. The zero-order chi connectivity index (χ0) is 28.0. The Kier molecular flexibility index (Phi) is 8.64. The number of rotatable bonds is 9. The lowest BCUT2D eigenvalue weighted by Crippen LogP contribution is -2.47. The minimum Gasteiger partial charge on any atom is -0.479 e. The van der Waals surface area contributed by atoms with E-state index in [1.54, 1.807) is 6.07 Å². The lowest BCUT2D eigenvalue weighted by atomic mass is 10.1. The highest BCUT2D eigenvalue weighted by atomic mass is 35.5. The van der Waals surface area contributed by atoms with Gasteiger partial charge in [0.2, 0.25) is 5.88 Å². The Morgan fingerprint density at radius 3 is 2.34 bits per heavy atom. The maximum absolute atomic E-state index is 7.91. The van der Waals surface area contributed by atoms with Crippen LogP contribution in [0.25, 0.3) is 15.9 Å². The molecule has 0 unspecified atom stereocenters. The van der Waals surface area contributed by atoms with Gasteiger partial charge < -0.3 is 23.4 Å². The van der Waals surface area contributed by atoms with Crippen LogP contribution in [-0.2, 0) is 25.4 Å². The Bertz CT molecular complexity index is 1220. The average molecular weight is 601 g/mol. The standard InChI is InChI=1S/C26H39Cl2N3O5Si2/c1-26(2,3)38(8,9)36-19-14-34-22-18(13-33-23(19)22)35-25-21(29-4)20-17(12-16(27)24(28)30-20)31(25)15-32-10-11-37(5,6)7/h12,18-19,22-23H,10-11,13-15H2,1-3,5-9H3/t18-,19-,22-,23-/m1/s1. The number of halogens is 2. The molecule has 2 saturated heterocycles. The van der Waals surface area contributed by atoms with E-state index in [1.807, 2.05) is 4.57 Å². The van der Waals surface area contributed by atoms with E-state index in [0.29, 0.717) is 41.8 Å². The quantitative estimate of drug-likeness (QED) is 0.132. The van der Waals surface area contributed by atoms with Crippen LogP contribution < -0.4 is 4.74 Å². The third-order valence-corrected chi connectivity index (χ3v) is 14.6. The molecule has 0 radical (unpaired) electrons. The number of fused-ring (bicyclic) bond motifs is 2. The second kappa shape index (κ2) is 11.0. The lowest BCUT2D eigenvalue weighted by molar-refractivity contribution is 0.00890. The molecule has 0 bridgehead atoms. The summed E-state index contributed by atoms with van der Waals surface area (Å²) in [5, 5.41) is 0.523. The average Bonchev–Trinajstić information content (AvgIpc) is 3.45. The van der Waals surface area contributed by atoms with E-state index in [2.05, 4.69) is 63.3 Å². The summed E-state index contributed by atoms with van der Waals surface area (Å²) in [6.45, 7) is 27.5. The van der Waals surface area contributed by atoms with Crippen LogP contribution >= 0.6 is 23.2 Å². The Balaban J connectivity index is 1.59. The van der Waals surface area contributed by atoms with Crippen molar-refractivity contribution in [2.45, 2.75) is 95.7 Å². The minimum atomic E-state index is -2.01. The molecule has 38 heavy (non-hydrogen) atoms. The summed E-state index contributed by atoms with van der Waals surface area (Å²) in [4.78, 5) is 8.17. The summed E-state index contributed by atoms with van der Waals surface area (Å²) in [6, 6.07) is 2.73. The molecule has 2 aromatic heterocycles. The Morgan fingerprint density at radius 1 is 1.11 bits per heavy atom. The number of nitrogens with zero attached hydrogens (tertiary/aromatic N) is 3. The number of ether oxygens (including phenoxy) is 4. The number of hydrogen-bond acceptors (Lipinski definition) is 6. The van der Waals surface area contributed by atoms with E-state index in [1.165, 1.54) is 0 Å². The number of pyridine rings is 1. The third kappa shape index (κ3) is 6.10. The minimum absolute atomic E-state index is 0.0795. The second-order valence-corrected chi connectivity index (χ2v) is 24.0. The van der Waals surface area contributed by atoms with Gasteiger partial charge in [-0.25, -0.2) is 9.83 Å². The topological polar surface area (TPSA) is 68.3 Å². The van der Waals surface area contributed by atoms with Gasteiger partial charge in [0, 0.05) is 14.7 Å². The molecule has 8 nitrogen and oxygen atoms in total. The molecule has 12 heteroatoms. The van der Waals surface area contributed by atoms with E-state index in [-0.39, 0.29) is 40.9 Å². The van der Waals surface area contributed by atoms with Gasteiger partial charge in [0.15, 0.2) is 14.4 Å². The smallest absolute Gasteiger partial charge is 0.272 e. The fourth-order valence-electron chi connectivity index (χ4n) is 4.39. The SMILES string of the molecule is [C-]#[N+]c1c(O[C@@H]2CO[C@H]3[C@@H]2OC[C@H]3O[Si](C)(C)C(C)(C)C)n(COCC[Si](C)(C)C)c2cc(Cl)c(Cl)nc12. The first-order chi connectivity index (χ1) is 17.6. The summed E-state index contributed by atoms with van der Waals surface area (Å²) in [6.07, 6.45) is -1.09. The van der Waals surface area contributed by atoms with Crippen molar-refractivity contribution in [2.75, 3.05) is 19.8 Å². The highest BCUT2D eigenvalue weighted by Gasteiger charge is 2.52. The fraction of sp³-hybridized carbons (Fsp3) is 0.692. The molecule has 0 aromatic carbocycles. The highest BCUT2D eigenvalue weighted by Crippen LogP contribution is 2.44. The van der Waals surface area contributed by atoms with E-state index in [9.17, 15) is 0 Å². The van der Waals surface area contributed by atoms with Crippen LogP contribution in [-0.4, -0.2) is 70.2 Å². The summed E-state index contributed by atoms with van der Waals surface area (Å²) in [7, 11) is -3.27. The van der Waals surface area contributed by atoms with E-state index in [0.717, 1.165) is 6.04 Å². The van der Waals surface area contributed by atoms with Crippen molar-refractivity contribution in [1.29, 1.82) is 0 Å². The van der Waals surface area contributed by atoms with Crippen molar-refractivity contribution in [3.8, 4) is 5.88 Å². The zero-order valence-electron chi connectivity index (χ0n) is 23.6. The predicted molar refractivity (Wildman–Crippen MR) is 156 cm³/mol. The van der Waals surface area contributed by atoms with E-state index in [4.69, 9.17) is 53.1 Å². The van der Waals surface area contributed by atoms with Crippen molar-refractivity contribution in [2.24, 2.45) is 0 Å². The van der Waals surface area contributed by atoms with Gasteiger partial charge in [-0.15, -0.1) is 0 Å². The third-order valence-electron chi connectivity index (χ3n) is 7.68. The molecule has 0 N–H and O–H groups in total. The molecule has 2 aliphatic heterocycles. The molecule has 2 aliphatic rings. The molecule has 210 valence electrons. The van der Waals surface area contributed by atoms with Crippen molar-refractivity contribution >= 4 is 56.3 Å². The normalized spacial score (nSPS) is 24.1. The largest absolute Gasteiger partial charge is 0.479 e. The monoisotopic (exact) mass is 599 g/mol. The van der Waals surface area contributed by atoms with Gasteiger partial charge in [-0.1, -0.05) is 63.6 Å². The van der Waals surface area contributed by atoms with Crippen LogP contribution in [0.15, 0.2) is 6.07 Å². The molecule has 4 atom stereocenters. The van der Waals surface area contributed by atoms with Crippen LogP contribution in [0.2, 0.25) is 54.0 Å². The molecule has 2 aromatic rings. The molecule has 2 fully saturated rings. The lowest BCUT2D eigenvalue weighted by Gasteiger charge is -2.39.